The topological polar surface area (TPSA) is 21.3 Å². The predicted octanol–water partition coefficient (Wildman–Crippen LogP) is 2.96. The van der Waals surface area contributed by atoms with E-state index in [1.165, 1.54) is 0 Å². The van der Waals surface area contributed by atoms with Gasteiger partial charge in [-0.3, -0.25) is 0 Å². The quantitative estimate of drug-likeness (QED) is 0.600. The van der Waals surface area contributed by atoms with Gasteiger partial charge in [0.2, 0.25) is 0 Å². The van der Waals surface area contributed by atoms with E-state index in [2.05, 4.69) is 17.9 Å². The van der Waals surface area contributed by atoms with Gasteiger partial charge in [-0.15, -0.1) is 0 Å². The maximum atomic E-state index is 5.94. The summed E-state index contributed by atoms with van der Waals surface area (Å²) in [6.07, 6.45) is 0. The highest BCUT2D eigenvalue weighted by Gasteiger charge is 2.05. The number of ether oxygens (including phenoxy) is 1. The summed E-state index contributed by atoms with van der Waals surface area (Å²) in [5, 5.41) is 3.79. The highest BCUT2D eigenvalue weighted by Crippen LogP contribution is 2.30. The molecule has 1 rings (SSSR count). The molecule has 1 aromatic carbocycles. The van der Waals surface area contributed by atoms with Crippen LogP contribution in [0.4, 0.5) is 5.69 Å². The van der Waals surface area contributed by atoms with Gasteiger partial charge in [0.25, 0.3) is 0 Å². The van der Waals surface area contributed by atoms with Crippen molar-refractivity contribution in [1.29, 1.82) is 0 Å². The molecule has 0 unspecified atom stereocenters. The molecular weight excluding hydrogens is 206 g/mol. The van der Waals surface area contributed by atoms with Crippen LogP contribution in [0.5, 0.6) is 5.75 Å². The largest absolute Gasteiger partial charge is 0.495 e. The average Bonchev–Trinajstić information content (AvgIpc) is 2.11. The second-order valence-corrected chi connectivity index (χ2v) is 3.36. The van der Waals surface area contributed by atoms with Crippen molar-refractivity contribution in [3.05, 3.63) is 22.7 Å². The van der Waals surface area contributed by atoms with Crippen LogP contribution in [0, 0.1) is 6.92 Å². The predicted molar refractivity (Wildman–Crippen MR) is 60.2 cm³/mol. The minimum Gasteiger partial charge on any atom is -0.495 e. The van der Waals surface area contributed by atoms with Gasteiger partial charge in [-0.2, -0.15) is 12.6 Å². The molecule has 0 aromatic heterocycles. The Balaban J connectivity index is 3.09. The fourth-order valence-electron chi connectivity index (χ4n) is 1.06. The van der Waals surface area contributed by atoms with Gasteiger partial charge in [0, 0.05) is 11.1 Å². The van der Waals surface area contributed by atoms with Crippen LogP contribution >= 0.6 is 24.2 Å². The zero-order valence-electron chi connectivity index (χ0n) is 7.60. The molecule has 0 amide bonds. The molecule has 4 heteroatoms. The van der Waals surface area contributed by atoms with Crippen molar-refractivity contribution in [1.82, 2.24) is 0 Å². The minimum atomic E-state index is 0.567. The molecule has 0 aliphatic rings. The number of benzene rings is 1. The van der Waals surface area contributed by atoms with E-state index >= 15 is 0 Å². The van der Waals surface area contributed by atoms with E-state index in [0.717, 1.165) is 17.0 Å². The Kier molecular flexibility index (Phi) is 3.75. The summed E-state index contributed by atoms with van der Waals surface area (Å²) in [4.78, 5) is 0. The molecule has 13 heavy (non-hydrogen) atoms. The number of halogens is 1. The third-order valence-electron chi connectivity index (χ3n) is 1.75. The van der Waals surface area contributed by atoms with Crippen LogP contribution in [-0.4, -0.2) is 13.0 Å². The van der Waals surface area contributed by atoms with Crippen molar-refractivity contribution >= 4 is 29.9 Å². The van der Waals surface area contributed by atoms with Crippen molar-refractivity contribution in [3.63, 3.8) is 0 Å². The van der Waals surface area contributed by atoms with Gasteiger partial charge in [-0.25, -0.2) is 0 Å². The molecule has 72 valence electrons. The van der Waals surface area contributed by atoms with Crippen LogP contribution < -0.4 is 10.1 Å². The third kappa shape index (κ3) is 2.45. The van der Waals surface area contributed by atoms with E-state index in [-0.39, 0.29) is 0 Å². The van der Waals surface area contributed by atoms with Gasteiger partial charge in [-0.05, 0) is 18.6 Å². The zero-order chi connectivity index (χ0) is 9.84. The Morgan fingerprint density at radius 2 is 2.23 bits per heavy atom. The van der Waals surface area contributed by atoms with Crippen LogP contribution in [0.15, 0.2) is 12.1 Å². The van der Waals surface area contributed by atoms with E-state index in [1.54, 1.807) is 13.2 Å². The van der Waals surface area contributed by atoms with Crippen LogP contribution in [0.3, 0.4) is 0 Å². The summed E-state index contributed by atoms with van der Waals surface area (Å²) >= 11 is 10.0. The summed E-state index contributed by atoms with van der Waals surface area (Å²) in [7, 11) is 1.62. The van der Waals surface area contributed by atoms with E-state index in [0.29, 0.717) is 10.9 Å². The Morgan fingerprint density at radius 1 is 1.54 bits per heavy atom. The molecule has 0 heterocycles. The zero-order valence-corrected chi connectivity index (χ0v) is 9.25. The summed E-state index contributed by atoms with van der Waals surface area (Å²) in [5.41, 5.74) is 1.94. The average molecular weight is 218 g/mol. The summed E-state index contributed by atoms with van der Waals surface area (Å²) in [6, 6.07) is 3.74. The number of thiol groups is 1. The SMILES string of the molecule is COc1cc(Cl)c(C)cc1NCS. The molecule has 0 aliphatic carbocycles. The number of rotatable bonds is 3. The monoisotopic (exact) mass is 217 g/mol. The first-order chi connectivity index (χ1) is 6.19. The van der Waals surface area contributed by atoms with Crippen molar-refractivity contribution in [3.8, 4) is 5.75 Å². The Hall–Kier alpha value is -0.540. The Labute approximate surface area is 88.6 Å². The smallest absolute Gasteiger partial charge is 0.143 e. The van der Waals surface area contributed by atoms with Crippen LogP contribution in [0.2, 0.25) is 5.02 Å². The van der Waals surface area contributed by atoms with Crippen molar-refractivity contribution in [2.75, 3.05) is 18.3 Å². The summed E-state index contributed by atoms with van der Waals surface area (Å²) in [5.74, 6) is 1.31. The van der Waals surface area contributed by atoms with E-state index in [9.17, 15) is 0 Å². The highest BCUT2D eigenvalue weighted by molar-refractivity contribution is 7.80. The van der Waals surface area contributed by atoms with Gasteiger partial charge >= 0.3 is 0 Å². The second kappa shape index (κ2) is 4.63. The molecule has 0 aliphatic heterocycles. The van der Waals surface area contributed by atoms with Gasteiger partial charge < -0.3 is 10.1 Å². The molecule has 1 aromatic rings. The summed E-state index contributed by atoms with van der Waals surface area (Å²) in [6.45, 7) is 1.95. The van der Waals surface area contributed by atoms with Crippen molar-refractivity contribution in [2.45, 2.75) is 6.92 Å². The maximum Gasteiger partial charge on any atom is 0.143 e. The van der Waals surface area contributed by atoms with Crippen LogP contribution in [-0.2, 0) is 0 Å². The van der Waals surface area contributed by atoms with Crippen molar-refractivity contribution < 1.29 is 4.74 Å². The van der Waals surface area contributed by atoms with Crippen molar-refractivity contribution in [2.24, 2.45) is 0 Å². The number of methoxy groups -OCH3 is 1. The standard InChI is InChI=1S/C9H12ClNOS/c1-6-3-8(11-5-13)9(12-2)4-7(6)10/h3-4,11,13H,5H2,1-2H3. The number of aryl methyl sites for hydroxylation is 1. The third-order valence-corrected chi connectivity index (χ3v) is 2.32. The maximum absolute atomic E-state index is 5.94. The second-order valence-electron chi connectivity index (χ2n) is 2.64. The lowest BCUT2D eigenvalue weighted by Crippen LogP contribution is -1.98. The minimum absolute atomic E-state index is 0.567. The number of hydrogen-bond acceptors (Lipinski definition) is 3. The van der Waals surface area contributed by atoms with E-state index in [1.807, 2.05) is 13.0 Å². The molecule has 2 nitrogen and oxygen atoms in total. The molecular formula is C9H12ClNOS. The van der Waals surface area contributed by atoms with Gasteiger partial charge in [0.1, 0.15) is 5.75 Å². The highest BCUT2D eigenvalue weighted by atomic mass is 35.5. The number of hydrogen-bond donors (Lipinski definition) is 2. The first-order valence-corrected chi connectivity index (χ1v) is 4.89. The van der Waals surface area contributed by atoms with E-state index < -0.39 is 0 Å². The van der Waals surface area contributed by atoms with Gasteiger partial charge in [0.15, 0.2) is 0 Å². The number of nitrogens with one attached hydrogen (secondary N) is 1. The van der Waals surface area contributed by atoms with Gasteiger partial charge in [-0.1, -0.05) is 11.6 Å². The molecule has 0 bridgehead atoms. The lowest BCUT2D eigenvalue weighted by atomic mass is 10.2. The lowest BCUT2D eigenvalue weighted by molar-refractivity contribution is 0.416. The fourth-order valence-corrected chi connectivity index (χ4v) is 1.38. The molecule has 0 radical (unpaired) electrons. The number of anilines is 1. The fraction of sp³-hybridized carbons (Fsp3) is 0.333. The molecule has 0 saturated heterocycles. The van der Waals surface area contributed by atoms with Crippen LogP contribution in [0.1, 0.15) is 5.56 Å². The lowest BCUT2D eigenvalue weighted by Gasteiger charge is -2.11. The van der Waals surface area contributed by atoms with Crippen LogP contribution in [0.25, 0.3) is 0 Å². The first kappa shape index (κ1) is 10.5. The molecule has 1 N–H and O–H groups in total. The first-order valence-electron chi connectivity index (χ1n) is 3.88. The Bertz CT molecular complexity index is 304. The molecule has 0 atom stereocenters. The Morgan fingerprint density at radius 3 is 2.77 bits per heavy atom. The molecule has 0 saturated carbocycles. The molecule has 0 fully saturated rings. The van der Waals surface area contributed by atoms with Gasteiger partial charge in [0.05, 0.1) is 18.7 Å². The van der Waals surface area contributed by atoms with E-state index in [4.69, 9.17) is 16.3 Å². The normalized spacial score (nSPS) is 9.85. The molecule has 0 spiro atoms. The summed E-state index contributed by atoms with van der Waals surface area (Å²) < 4.78 is 5.15.